The van der Waals surface area contributed by atoms with Gasteiger partial charge in [0.25, 0.3) is 0 Å². The molecule has 1 aliphatic rings. The average Bonchev–Trinajstić information content (AvgIpc) is 2.59. The molecule has 0 aromatic heterocycles. The second-order valence-electron chi connectivity index (χ2n) is 4.62. The Hall–Kier alpha value is -0.910. The zero-order valence-corrected chi connectivity index (χ0v) is 12.1. The lowest BCUT2D eigenvalue weighted by atomic mass is 9.94. The van der Waals surface area contributed by atoms with Crippen LogP contribution in [0.5, 0.6) is 0 Å². The van der Waals surface area contributed by atoms with E-state index < -0.39 is 24.7 Å². The summed E-state index contributed by atoms with van der Waals surface area (Å²) in [6, 6.07) is 0. The molecule has 0 saturated carbocycles. The molecule has 0 aromatic rings. The summed E-state index contributed by atoms with van der Waals surface area (Å²) in [5, 5.41) is 14.3. The first-order valence-corrected chi connectivity index (χ1v) is 7.10. The molecule has 0 fully saturated rings. The molecule has 1 rings (SSSR count). The third-order valence-corrected chi connectivity index (χ3v) is 5.98. The van der Waals surface area contributed by atoms with Gasteiger partial charge in [0.1, 0.15) is 11.6 Å². The fourth-order valence-electron chi connectivity index (χ4n) is 2.25. The molecule has 1 N–H and O–H groups in total. The van der Waals surface area contributed by atoms with Gasteiger partial charge in [-0.3, -0.25) is 9.36 Å². The van der Waals surface area contributed by atoms with E-state index in [4.69, 9.17) is 9.05 Å². The summed E-state index contributed by atoms with van der Waals surface area (Å²) in [5.41, 5.74) is -1.89. The van der Waals surface area contributed by atoms with Crippen LogP contribution in [0.1, 0.15) is 13.8 Å². The fourth-order valence-corrected chi connectivity index (χ4v) is 4.35. The largest absolute Gasteiger partial charge is 0.624 e. The van der Waals surface area contributed by atoms with Crippen LogP contribution < -0.4 is 5.32 Å². The molecule has 1 amide bonds. The van der Waals surface area contributed by atoms with E-state index >= 15 is 0 Å². The molecule has 7 nitrogen and oxygen atoms in total. The Labute approximate surface area is 106 Å². The van der Waals surface area contributed by atoms with Gasteiger partial charge in [-0.25, -0.2) is 4.74 Å². The van der Waals surface area contributed by atoms with Gasteiger partial charge in [0.05, 0.1) is 0 Å². The van der Waals surface area contributed by atoms with E-state index in [1.54, 1.807) is 13.8 Å². The van der Waals surface area contributed by atoms with Crippen molar-refractivity contribution in [1.29, 1.82) is 0 Å². The molecule has 1 aliphatic heterocycles. The molecule has 0 spiro atoms. The monoisotopic (exact) mass is 278 g/mol. The third kappa shape index (κ3) is 2.18. The van der Waals surface area contributed by atoms with Gasteiger partial charge in [-0.05, 0) is 0 Å². The van der Waals surface area contributed by atoms with Crippen molar-refractivity contribution < 1.29 is 23.1 Å². The lowest BCUT2D eigenvalue weighted by Crippen LogP contribution is -2.45. The van der Waals surface area contributed by atoms with E-state index in [1.165, 1.54) is 27.5 Å². The number of hydrogen-bond donors (Lipinski definition) is 1. The number of amides is 1. The minimum absolute atomic E-state index is 0.388. The van der Waals surface area contributed by atoms with Gasteiger partial charge in [-0.1, -0.05) is 0 Å². The molecule has 0 aromatic carbocycles. The summed E-state index contributed by atoms with van der Waals surface area (Å²) in [4.78, 5) is 11.8. The molecule has 0 radical (unpaired) electrons. The maximum atomic E-state index is 12.5. The molecule has 1 heterocycles. The van der Waals surface area contributed by atoms with Gasteiger partial charge in [0.15, 0.2) is 11.8 Å². The van der Waals surface area contributed by atoms with Crippen LogP contribution >= 0.6 is 7.60 Å². The summed E-state index contributed by atoms with van der Waals surface area (Å²) in [6.07, 6.45) is 1.22. The molecular formula is C10H19N2O5P. The zero-order valence-electron chi connectivity index (χ0n) is 11.2. The normalized spacial score (nSPS) is 26.8. The maximum Gasteiger partial charge on any atom is 0.341 e. The topological polar surface area (TPSA) is 90.7 Å². The number of carbonyl (C=O) groups is 1. The van der Waals surface area contributed by atoms with E-state index in [2.05, 4.69) is 5.32 Å². The maximum absolute atomic E-state index is 12.5. The fraction of sp³-hybridized carbons (Fsp3) is 0.800. The number of hydroxylamine groups is 1. The summed E-state index contributed by atoms with van der Waals surface area (Å²) in [5.74, 6) is -1.23. The highest BCUT2D eigenvalue weighted by molar-refractivity contribution is 7.54. The highest BCUT2D eigenvalue weighted by Gasteiger charge is 2.61. The Bertz CT molecular complexity index is 412. The van der Waals surface area contributed by atoms with Crippen LogP contribution in [0.4, 0.5) is 0 Å². The number of nitrogens with zero attached hydrogens (tertiary/aromatic N) is 1. The number of nitrogens with one attached hydrogen (secondary N) is 1. The van der Waals surface area contributed by atoms with Crippen molar-refractivity contribution in [3.05, 3.63) is 5.21 Å². The Morgan fingerprint density at radius 2 is 1.94 bits per heavy atom. The van der Waals surface area contributed by atoms with Gasteiger partial charge < -0.3 is 19.6 Å². The predicted molar refractivity (Wildman–Crippen MR) is 66.7 cm³/mol. The van der Waals surface area contributed by atoms with E-state index in [-0.39, 0.29) is 5.91 Å². The van der Waals surface area contributed by atoms with E-state index in [9.17, 15) is 14.6 Å². The number of hydrogen-bond acceptors (Lipinski definition) is 5. The van der Waals surface area contributed by atoms with Crippen LogP contribution in [0.3, 0.4) is 0 Å². The zero-order chi connectivity index (χ0) is 14.1. The lowest BCUT2D eigenvalue weighted by molar-refractivity contribution is -0.526. The molecule has 0 bridgehead atoms. The smallest absolute Gasteiger partial charge is 0.341 e. The minimum atomic E-state index is -3.54. The van der Waals surface area contributed by atoms with Gasteiger partial charge in [0.2, 0.25) is 5.91 Å². The Morgan fingerprint density at radius 3 is 2.33 bits per heavy atom. The lowest BCUT2D eigenvalue weighted by Gasteiger charge is -2.31. The van der Waals surface area contributed by atoms with Crippen molar-refractivity contribution in [3.8, 4) is 0 Å². The van der Waals surface area contributed by atoms with Crippen molar-refractivity contribution in [2.45, 2.75) is 25.0 Å². The number of carbonyl (C=O) groups excluding carboxylic acids is 1. The van der Waals surface area contributed by atoms with Crippen LogP contribution in [-0.4, -0.2) is 49.3 Å². The summed E-state index contributed by atoms with van der Waals surface area (Å²) in [7, 11) is 0.402. The molecule has 0 saturated heterocycles. The minimum Gasteiger partial charge on any atom is -0.624 e. The summed E-state index contributed by atoms with van der Waals surface area (Å²) in [6.45, 7) is 3.21. The molecule has 2 atom stereocenters. The second-order valence-corrected chi connectivity index (χ2v) is 6.98. The summed E-state index contributed by atoms with van der Waals surface area (Å²) < 4.78 is 23.1. The Balaban J connectivity index is 3.28. The van der Waals surface area contributed by atoms with Gasteiger partial charge in [-0.15, -0.1) is 0 Å². The second kappa shape index (κ2) is 4.99. The number of rotatable bonds is 4. The van der Waals surface area contributed by atoms with Crippen molar-refractivity contribution in [1.82, 2.24) is 5.32 Å². The molecule has 18 heavy (non-hydrogen) atoms. The Morgan fingerprint density at radius 1 is 1.44 bits per heavy atom. The molecular weight excluding hydrogens is 259 g/mol. The van der Waals surface area contributed by atoms with Gasteiger partial charge >= 0.3 is 7.60 Å². The SMILES string of the molecule is CNC(=O)C1C=[N+]([O-])C(C)(C)C1P(=O)(OC)OC. The first-order valence-electron chi connectivity index (χ1n) is 5.48. The van der Waals surface area contributed by atoms with Crippen molar-refractivity contribution in [2.24, 2.45) is 5.92 Å². The van der Waals surface area contributed by atoms with Crippen molar-refractivity contribution in [2.75, 3.05) is 21.3 Å². The molecule has 8 heteroatoms. The quantitative estimate of drug-likeness (QED) is 0.461. The first kappa shape index (κ1) is 15.1. The van der Waals surface area contributed by atoms with E-state index in [0.29, 0.717) is 4.74 Å². The van der Waals surface area contributed by atoms with Crippen LogP contribution in [0, 0.1) is 11.1 Å². The highest BCUT2D eigenvalue weighted by atomic mass is 31.2. The third-order valence-electron chi connectivity index (χ3n) is 3.33. The Kier molecular flexibility index (Phi) is 4.20. The molecule has 0 aliphatic carbocycles. The summed E-state index contributed by atoms with van der Waals surface area (Å²) >= 11 is 0. The predicted octanol–water partition coefficient (Wildman–Crippen LogP) is 0.576. The van der Waals surface area contributed by atoms with Gasteiger partial charge in [0, 0.05) is 35.1 Å². The average molecular weight is 278 g/mol. The molecule has 104 valence electrons. The van der Waals surface area contributed by atoms with Gasteiger partial charge in [-0.2, -0.15) is 0 Å². The first-order chi connectivity index (χ1) is 8.24. The van der Waals surface area contributed by atoms with Crippen LogP contribution in [0.25, 0.3) is 0 Å². The van der Waals surface area contributed by atoms with Crippen molar-refractivity contribution >= 4 is 19.7 Å². The van der Waals surface area contributed by atoms with Crippen LogP contribution in [0.15, 0.2) is 0 Å². The van der Waals surface area contributed by atoms with Crippen molar-refractivity contribution in [3.63, 3.8) is 0 Å². The van der Waals surface area contributed by atoms with E-state index in [1.807, 2.05) is 0 Å². The van der Waals surface area contributed by atoms with E-state index in [0.717, 1.165) is 0 Å². The molecule has 2 unspecified atom stereocenters. The van der Waals surface area contributed by atoms with Crippen LogP contribution in [-0.2, 0) is 18.4 Å². The highest BCUT2D eigenvalue weighted by Crippen LogP contribution is 2.59. The standard InChI is InChI=1S/C10H19N2O5P/c1-10(2)8(18(15,16-4)17-5)7(6-12(10)14)9(13)11-3/h6-8H,1-5H3,(H,11,13). The van der Waals surface area contributed by atoms with Crippen LogP contribution in [0.2, 0.25) is 0 Å².